The second-order valence-corrected chi connectivity index (χ2v) is 9.22. The van der Waals surface area contributed by atoms with E-state index in [2.05, 4.69) is 39.0 Å². The summed E-state index contributed by atoms with van der Waals surface area (Å²) >= 11 is 1.41. The van der Waals surface area contributed by atoms with Crippen LogP contribution >= 0.6 is 11.8 Å². The van der Waals surface area contributed by atoms with Crippen molar-refractivity contribution in [2.75, 3.05) is 0 Å². The summed E-state index contributed by atoms with van der Waals surface area (Å²) in [6.45, 7) is 8.55. The zero-order chi connectivity index (χ0) is 21.0. The molecule has 1 nitrogen and oxygen atoms in total. The minimum Gasteiger partial charge on any atom is -0.207 e. The summed E-state index contributed by atoms with van der Waals surface area (Å²) in [4.78, 5) is 1.60. The Morgan fingerprint density at radius 2 is 1.59 bits per heavy atom. The first kappa shape index (κ1) is 20.9. The van der Waals surface area contributed by atoms with E-state index in [1.54, 1.807) is 0 Å². The van der Waals surface area contributed by atoms with Gasteiger partial charge in [0.1, 0.15) is 11.9 Å². The molecule has 0 amide bonds. The Morgan fingerprint density at radius 1 is 0.931 bits per heavy atom. The fourth-order valence-electron chi connectivity index (χ4n) is 2.95. The molecule has 0 aliphatic carbocycles. The highest BCUT2D eigenvalue weighted by atomic mass is 32.2. The normalized spacial score (nSPS) is 11.6. The molecule has 3 rings (SSSR count). The molecular weight excluding hydrogens is 377 g/mol. The quantitative estimate of drug-likeness (QED) is 0.420. The van der Waals surface area contributed by atoms with Crippen LogP contribution in [0.2, 0.25) is 0 Å². The predicted molar refractivity (Wildman–Crippen MR) is 120 cm³/mol. The number of hydrogen-bond donors (Lipinski definition) is 0. The van der Waals surface area contributed by atoms with Crippen LogP contribution in [-0.2, 0) is 5.41 Å². The van der Waals surface area contributed by atoms with Gasteiger partial charge in [0.25, 0.3) is 0 Å². The molecule has 0 unspecified atom stereocenters. The van der Waals surface area contributed by atoms with Crippen LogP contribution in [0.3, 0.4) is 0 Å². The van der Waals surface area contributed by atoms with Gasteiger partial charge in [-0.25, -0.2) is 4.39 Å². The molecule has 29 heavy (non-hydrogen) atoms. The standard InChI is InChI=1S/C26H24FNS/c1-18-5-13-23(14-6-18)29-25-16-22(27)15-20(24(25)17-28)10-7-19-8-11-21(12-9-19)26(2,3)4/h5-16H,1-4H3. The van der Waals surface area contributed by atoms with Crippen molar-refractivity contribution in [3.05, 3.63) is 94.3 Å². The van der Waals surface area contributed by atoms with Gasteiger partial charge in [-0.15, -0.1) is 0 Å². The number of aryl methyl sites for hydroxylation is 1. The zero-order valence-corrected chi connectivity index (χ0v) is 18.0. The minimum atomic E-state index is -0.346. The monoisotopic (exact) mass is 401 g/mol. The molecule has 0 saturated carbocycles. The van der Waals surface area contributed by atoms with E-state index in [-0.39, 0.29) is 11.2 Å². The third-order valence-electron chi connectivity index (χ3n) is 4.69. The Morgan fingerprint density at radius 3 is 2.17 bits per heavy atom. The fourth-order valence-corrected chi connectivity index (χ4v) is 3.91. The maximum absolute atomic E-state index is 14.3. The highest BCUT2D eigenvalue weighted by molar-refractivity contribution is 7.99. The van der Waals surface area contributed by atoms with E-state index in [0.29, 0.717) is 16.0 Å². The van der Waals surface area contributed by atoms with Crippen LogP contribution in [0, 0.1) is 24.1 Å². The molecule has 0 fully saturated rings. The molecule has 0 atom stereocenters. The summed E-state index contributed by atoms with van der Waals surface area (Å²) in [6, 6.07) is 21.4. The maximum atomic E-state index is 14.3. The summed E-state index contributed by atoms with van der Waals surface area (Å²) < 4.78 is 14.3. The van der Waals surface area contributed by atoms with Crippen LogP contribution < -0.4 is 0 Å². The Hall–Kier alpha value is -2.83. The van der Waals surface area contributed by atoms with Crippen molar-refractivity contribution in [2.24, 2.45) is 0 Å². The first-order valence-corrected chi connectivity index (χ1v) is 10.3. The van der Waals surface area contributed by atoms with Crippen LogP contribution in [0.5, 0.6) is 0 Å². The summed E-state index contributed by atoms with van der Waals surface area (Å²) in [5.74, 6) is -0.346. The van der Waals surface area contributed by atoms with Gasteiger partial charge < -0.3 is 0 Å². The molecule has 0 aliphatic heterocycles. The molecule has 0 bridgehead atoms. The van der Waals surface area contributed by atoms with Gasteiger partial charge in [0.2, 0.25) is 0 Å². The third kappa shape index (κ3) is 5.37. The molecule has 0 aliphatic rings. The zero-order valence-electron chi connectivity index (χ0n) is 17.2. The van der Waals surface area contributed by atoms with E-state index in [4.69, 9.17) is 0 Å². The van der Waals surface area contributed by atoms with Crippen molar-refractivity contribution in [3.63, 3.8) is 0 Å². The molecule has 0 N–H and O–H groups in total. The highest BCUT2D eigenvalue weighted by Gasteiger charge is 2.13. The second-order valence-electron chi connectivity index (χ2n) is 8.10. The number of rotatable bonds is 4. The maximum Gasteiger partial charge on any atom is 0.125 e. The van der Waals surface area contributed by atoms with Gasteiger partial charge in [-0.05, 0) is 53.3 Å². The molecule has 146 valence electrons. The fraction of sp³-hybridized carbons (Fsp3) is 0.192. The van der Waals surface area contributed by atoms with Gasteiger partial charge in [0.05, 0.1) is 5.56 Å². The molecule has 0 aromatic heterocycles. The Balaban J connectivity index is 1.91. The summed E-state index contributed by atoms with van der Waals surface area (Å²) in [6.07, 6.45) is 3.73. The van der Waals surface area contributed by atoms with Gasteiger partial charge in [-0.3, -0.25) is 0 Å². The minimum absolute atomic E-state index is 0.0981. The molecule has 0 spiro atoms. The smallest absolute Gasteiger partial charge is 0.125 e. The average molecular weight is 402 g/mol. The van der Waals surface area contributed by atoms with E-state index in [1.807, 2.05) is 55.5 Å². The molecule has 3 heteroatoms. The number of nitriles is 1. The lowest BCUT2D eigenvalue weighted by Crippen LogP contribution is -2.10. The van der Waals surface area contributed by atoms with Crippen molar-refractivity contribution in [3.8, 4) is 6.07 Å². The highest BCUT2D eigenvalue weighted by Crippen LogP contribution is 2.33. The van der Waals surface area contributed by atoms with Crippen LogP contribution in [0.25, 0.3) is 12.2 Å². The first-order valence-electron chi connectivity index (χ1n) is 9.53. The van der Waals surface area contributed by atoms with Crippen molar-refractivity contribution in [1.82, 2.24) is 0 Å². The number of benzene rings is 3. The van der Waals surface area contributed by atoms with Crippen molar-refractivity contribution >= 4 is 23.9 Å². The van der Waals surface area contributed by atoms with E-state index < -0.39 is 0 Å². The van der Waals surface area contributed by atoms with E-state index in [1.165, 1.54) is 29.5 Å². The Labute approximate surface area is 176 Å². The van der Waals surface area contributed by atoms with Crippen LogP contribution in [0.15, 0.2) is 70.5 Å². The summed E-state index contributed by atoms with van der Waals surface area (Å²) in [5.41, 5.74) is 4.60. The average Bonchev–Trinajstić information content (AvgIpc) is 2.67. The van der Waals surface area contributed by atoms with Gasteiger partial charge in [0, 0.05) is 9.79 Å². The molecular formula is C26H24FNS. The Bertz CT molecular complexity index is 1070. The summed E-state index contributed by atoms with van der Waals surface area (Å²) in [7, 11) is 0. The lowest BCUT2D eigenvalue weighted by molar-refractivity contribution is 0.590. The van der Waals surface area contributed by atoms with Gasteiger partial charge in [-0.2, -0.15) is 5.26 Å². The molecule has 0 saturated heterocycles. The van der Waals surface area contributed by atoms with E-state index >= 15 is 0 Å². The molecule has 0 heterocycles. The largest absolute Gasteiger partial charge is 0.207 e. The van der Waals surface area contributed by atoms with Gasteiger partial charge in [-0.1, -0.05) is 86.6 Å². The van der Waals surface area contributed by atoms with Crippen LogP contribution in [0.4, 0.5) is 4.39 Å². The van der Waals surface area contributed by atoms with Crippen LogP contribution in [0.1, 0.15) is 48.6 Å². The number of hydrogen-bond acceptors (Lipinski definition) is 2. The van der Waals surface area contributed by atoms with E-state index in [0.717, 1.165) is 16.0 Å². The van der Waals surface area contributed by atoms with Crippen LogP contribution in [-0.4, -0.2) is 0 Å². The van der Waals surface area contributed by atoms with Crippen molar-refractivity contribution < 1.29 is 4.39 Å². The second kappa shape index (κ2) is 8.68. The number of nitrogens with zero attached hydrogens (tertiary/aromatic N) is 1. The lowest BCUT2D eigenvalue weighted by atomic mass is 9.87. The predicted octanol–water partition coefficient (Wildman–Crippen LogP) is 7.62. The topological polar surface area (TPSA) is 23.8 Å². The first-order chi connectivity index (χ1) is 13.8. The summed E-state index contributed by atoms with van der Waals surface area (Å²) in [5, 5.41) is 9.72. The molecule has 0 radical (unpaired) electrons. The Kier molecular flexibility index (Phi) is 6.25. The van der Waals surface area contributed by atoms with Gasteiger partial charge >= 0.3 is 0 Å². The molecule has 3 aromatic rings. The number of halogens is 1. The molecule has 3 aromatic carbocycles. The van der Waals surface area contributed by atoms with Gasteiger partial charge in [0.15, 0.2) is 0 Å². The van der Waals surface area contributed by atoms with E-state index in [9.17, 15) is 9.65 Å². The van der Waals surface area contributed by atoms with Crippen molar-refractivity contribution in [2.45, 2.75) is 42.9 Å². The third-order valence-corrected chi connectivity index (χ3v) is 5.74. The van der Waals surface area contributed by atoms with Crippen molar-refractivity contribution in [1.29, 1.82) is 5.26 Å². The lowest BCUT2D eigenvalue weighted by Gasteiger charge is -2.18. The SMILES string of the molecule is Cc1ccc(Sc2cc(F)cc(C=Cc3ccc(C(C)(C)C)cc3)c2C#N)cc1.